The van der Waals surface area contributed by atoms with Gasteiger partial charge in [-0.2, -0.15) is 0 Å². The minimum atomic E-state index is -0.163. The number of halogens is 2. The highest BCUT2D eigenvalue weighted by molar-refractivity contribution is 6.42. The van der Waals surface area contributed by atoms with E-state index in [0.717, 1.165) is 18.8 Å². The number of carbonyl (C=O) groups excluding carboxylic acids is 1. The van der Waals surface area contributed by atoms with Gasteiger partial charge in [-0.3, -0.25) is 9.79 Å². The summed E-state index contributed by atoms with van der Waals surface area (Å²) in [7, 11) is 0. The van der Waals surface area contributed by atoms with Crippen LogP contribution in [-0.2, 0) is 0 Å². The summed E-state index contributed by atoms with van der Waals surface area (Å²) in [6, 6.07) is 5.19. The zero-order chi connectivity index (χ0) is 19.1. The van der Waals surface area contributed by atoms with E-state index in [-0.39, 0.29) is 5.91 Å². The first-order chi connectivity index (χ1) is 13.0. The lowest BCUT2D eigenvalue weighted by Crippen LogP contribution is -2.35. The van der Waals surface area contributed by atoms with E-state index in [0.29, 0.717) is 51.6 Å². The van der Waals surface area contributed by atoms with Crippen molar-refractivity contribution in [3.05, 3.63) is 45.1 Å². The van der Waals surface area contributed by atoms with Crippen LogP contribution in [0.1, 0.15) is 35.0 Å². The normalized spacial score (nSPS) is 14.8. The number of furan rings is 1. The lowest BCUT2D eigenvalue weighted by atomic mass is 10.1. The molecule has 0 saturated heterocycles. The number of rotatable bonds is 4. The van der Waals surface area contributed by atoms with Gasteiger partial charge in [-0.25, -0.2) is 4.99 Å². The number of hydrogen-bond donors (Lipinski definition) is 0. The third kappa shape index (κ3) is 3.03. The fourth-order valence-corrected chi connectivity index (χ4v) is 3.66. The van der Waals surface area contributed by atoms with E-state index < -0.39 is 0 Å². The highest BCUT2D eigenvalue weighted by Gasteiger charge is 2.35. The number of amidine groups is 1. The molecular weight excluding hydrogens is 387 g/mol. The van der Waals surface area contributed by atoms with Crippen LogP contribution in [-0.4, -0.2) is 42.6 Å². The van der Waals surface area contributed by atoms with Crippen LogP contribution < -0.4 is 4.90 Å². The van der Waals surface area contributed by atoms with E-state index in [2.05, 4.69) is 9.98 Å². The Bertz CT molecular complexity index is 980. The Hall–Kier alpha value is -2.31. The van der Waals surface area contributed by atoms with Crippen LogP contribution in [0.15, 0.2) is 32.6 Å². The Labute approximate surface area is 167 Å². The molecule has 0 atom stereocenters. The minimum Gasteiger partial charge on any atom is -0.442 e. The zero-order valence-corrected chi connectivity index (χ0v) is 16.5. The molecule has 0 fully saturated rings. The van der Waals surface area contributed by atoms with Crippen molar-refractivity contribution in [3.8, 4) is 0 Å². The summed E-state index contributed by atoms with van der Waals surface area (Å²) in [4.78, 5) is 26.1. The van der Waals surface area contributed by atoms with Gasteiger partial charge in [0.25, 0.3) is 5.91 Å². The fraction of sp³-hybridized carbons (Fsp3) is 0.316. The van der Waals surface area contributed by atoms with E-state index in [1.165, 1.54) is 0 Å². The molecule has 3 heterocycles. The molecular formula is C19H18Cl2N4O2. The Balaban J connectivity index is 1.80. The second kappa shape index (κ2) is 7.02. The van der Waals surface area contributed by atoms with Crippen molar-refractivity contribution in [2.75, 3.05) is 24.5 Å². The topological polar surface area (TPSA) is 61.4 Å². The molecule has 0 radical (unpaired) electrons. The van der Waals surface area contributed by atoms with Crippen molar-refractivity contribution in [2.24, 2.45) is 9.98 Å². The van der Waals surface area contributed by atoms with Crippen LogP contribution in [0.5, 0.6) is 0 Å². The number of hydrogen-bond acceptors (Lipinski definition) is 5. The number of fused-ring (bicyclic) bond motifs is 3. The molecule has 4 rings (SSSR count). The molecule has 6 nitrogen and oxygen atoms in total. The highest BCUT2D eigenvalue weighted by Crippen LogP contribution is 2.36. The predicted molar refractivity (Wildman–Crippen MR) is 108 cm³/mol. The van der Waals surface area contributed by atoms with E-state index in [1.807, 2.05) is 11.8 Å². The van der Waals surface area contributed by atoms with Gasteiger partial charge in [0.15, 0.2) is 0 Å². The molecule has 2 aromatic rings. The van der Waals surface area contributed by atoms with Gasteiger partial charge in [-0.05, 0) is 31.5 Å². The van der Waals surface area contributed by atoms with Crippen molar-refractivity contribution in [1.82, 2.24) is 4.90 Å². The van der Waals surface area contributed by atoms with Crippen LogP contribution in [0.25, 0.3) is 0 Å². The van der Waals surface area contributed by atoms with Gasteiger partial charge in [0.2, 0.25) is 5.88 Å². The summed E-state index contributed by atoms with van der Waals surface area (Å²) in [6.07, 6.45) is 2.49. The molecule has 1 aromatic carbocycles. The van der Waals surface area contributed by atoms with E-state index in [9.17, 15) is 4.79 Å². The first-order valence-corrected chi connectivity index (χ1v) is 9.52. The molecule has 0 bridgehead atoms. The van der Waals surface area contributed by atoms with Crippen molar-refractivity contribution < 1.29 is 9.21 Å². The van der Waals surface area contributed by atoms with Crippen LogP contribution in [0, 0.1) is 6.92 Å². The molecule has 140 valence electrons. The largest absolute Gasteiger partial charge is 0.442 e. The number of aryl methyl sites for hydroxylation is 1. The maximum absolute atomic E-state index is 13.5. The maximum atomic E-state index is 13.5. The molecule has 27 heavy (non-hydrogen) atoms. The lowest BCUT2D eigenvalue weighted by molar-refractivity contribution is 0.0985. The Morgan fingerprint density at radius 1 is 1.33 bits per heavy atom. The average molecular weight is 405 g/mol. The lowest BCUT2D eigenvalue weighted by Gasteiger charge is -2.24. The van der Waals surface area contributed by atoms with Gasteiger partial charge in [0, 0.05) is 18.8 Å². The summed E-state index contributed by atoms with van der Waals surface area (Å²) in [5.41, 5.74) is 1.85. The van der Waals surface area contributed by atoms with Gasteiger partial charge in [-0.1, -0.05) is 30.1 Å². The Morgan fingerprint density at radius 2 is 2.15 bits per heavy atom. The number of nitrogens with zero attached hydrogens (tertiary/aromatic N) is 4. The summed E-state index contributed by atoms with van der Waals surface area (Å²) < 4.78 is 5.77. The van der Waals surface area contributed by atoms with Crippen LogP contribution >= 0.6 is 23.2 Å². The molecule has 0 spiro atoms. The summed E-state index contributed by atoms with van der Waals surface area (Å²) in [5, 5.41) is 0.858. The van der Waals surface area contributed by atoms with Gasteiger partial charge in [0.1, 0.15) is 17.9 Å². The van der Waals surface area contributed by atoms with Crippen molar-refractivity contribution in [1.29, 1.82) is 0 Å². The first kappa shape index (κ1) is 18.1. The first-order valence-electron chi connectivity index (χ1n) is 8.77. The van der Waals surface area contributed by atoms with Gasteiger partial charge in [-0.15, -0.1) is 0 Å². The Morgan fingerprint density at radius 3 is 2.89 bits per heavy atom. The van der Waals surface area contributed by atoms with Crippen molar-refractivity contribution in [3.63, 3.8) is 0 Å². The van der Waals surface area contributed by atoms with Crippen LogP contribution in [0.4, 0.5) is 11.6 Å². The van der Waals surface area contributed by atoms with Gasteiger partial charge < -0.3 is 14.2 Å². The quantitative estimate of drug-likeness (QED) is 0.742. The van der Waals surface area contributed by atoms with E-state index >= 15 is 0 Å². The Kier molecular flexibility index (Phi) is 4.70. The number of amides is 1. The number of anilines is 1. The summed E-state index contributed by atoms with van der Waals surface area (Å²) in [6.45, 7) is 5.75. The molecule has 1 aromatic heterocycles. The molecule has 1 amide bonds. The van der Waals surface area contributed by atoms with Crippen LogP contribution in [0.2, 0.25) is 10.0 Å². The second-order valence-corrected chi connectivity index (χ2v) is 7.23. The van der Waals surface area contributed by atoms with Gasteiger partial charge >= 0.3 is 0 Å². The molecule has 0 N–H and O–H groups in total. The second-order valence-electron chi connectivity index (χ2n) is 6.41. The standard InChI is InChI=1S/C19H18Cl2N4O2/c1-3-7-25(12-4-5-13(20)14(21)9-12)19(26)15-11(2)27-18-16(15)17-22-6-8-24(17)10-23-18/h4-5,9-10H,3,6-8H2,1-2H3. The van der Waals surface area contributed by atoms with Crippen molar-refractivity contribution >= 4 is 52.9 Å². The highest BCUT2D eigenvalue weighted by atomic mass is 35.5. The SMILES string of the molecule is CCCN(C(=O)c1c(C)oc2c1C1=NCCN1C=N2)c1ccc(Cl)c(Cl)c1. The molecule has 0 saturated carbocycles. The fourth-order valence-electron chi connectivity index (χ4n) is 3.36. The monoisotopic (exact) mass is 404 g/mol. The smallest absolute Gasteiger partial charge is 0.262 e. The van der Waals surface area contributed by atoms with Crippen LogP contribution in [0.3, 0.4) is 0 Å². The number of aliphatic imine (C=N–C) groups is 2. The molecule has 2 aliphatic heterocycles. The third-order valence-corrected chi connectivity index (χ3v) is 5.34. The van der Waals surface area contributed by atoms with E-state index in [1.54, 1.807) is 36.4 Å². The molecule has 0 unspecified atom stereocenters. The molecule has 2 aliphatic rings. The average Bonchev–Trinajstić information content (AvgIpc) is 3.24. The number of benzene rings is 1. The summed E-state index contributed by atoms with van der Waals surface area (Å²) >= 11 is 12.2. The summed E-state index contributed by atoms with van der Waals surface area (Å²) in [5.74, 6) is 1.54. The van der Waals surface area contributed by atoms with Crippen molar-refractivity contribution in [2.45, 2.75) is 20.3 Å². The minimum absolute atomic E-state index is 0.163. The van der Waals surface area contributed by atoms with Gasteiger partial charge in [0.05, 0.1) is 27.7 Å². The third-order valence-electron chi connectivity index (χ3n) is 4.60. The molecule has 8 heteroatoms. The zero-order valence-electron chi connectivity index (χ0n) is 15.0. The van der Waals surface area contributed by atoms with E-state index in [4.69, 9.17) is 27.6 Å². The predicted octanol–water partition coefficient (Wildman–Crippen LogP) is 4.69. The molecule has 0 aliphatic carbocycles. The number of carbonyl (C=O) groups is 1. The maximum Gasteiger partial charge on any atom is 0.262 e.